The zero-order valence-electron chi connectivity index (χ0n) is 15.5. The van der Waals surface area contributed by atoms with E-state index in [-0.39, 0.29) is 17.3 Å². The van der Waals surface area contributed by atoms with Gasteiger partial charge in [0.25, 0.3) is 0 Å². The fourth-order valence-corrected chi connectivity index (χ4v) is 5.03. The number of nitrogens with one attached hydrogen (secondary N) is 1. The zero-order chi connectivity index (χ0) is 19.6. The van der Waals surface area contributed by atoms with Gasteiger partial charge in [0.2, 0.25) is 15.9 Å². The number of morpholine rings is 1. The first kappa shape index (κ1) is 18.9. The lowest BCUT2D eigenvalue weighted by atomic mass is 10.2. The van der Waals surface area contributed by atoms with Crippen molar-refractivity contribution in [2.24, 2.45) is 0 Å². The Bertz CT molecular complexity index is 971. The number of carbonyl (C=O) groups excluding carboxylic acids is 1. The van der Waals surface area contributed by atoms with Crippen molar-refractivity contribution in [3.8, 4) is 0 Å². The maximum atomic E-state index is 12.8. The Hall–Kier alpha value is -2.42. The highest BCUT2D eigenvalue weighted by Gasteiger charge is 2.27. The number of anilines is 2. The molecule has 0 aromatic heterocycles. The van der Waals surface area contributed by atoms with Crippen LogP contribution in [0.5, 0.6) is 0 Å². The van der Waals surface area contributed by atoms with E-state index in [0.717, 1.165) is 12.1 Å². The Morgan fingerprint density at radius 1 is 1.04 bits per heavy atom. The number of amides is 1. The van der Waals surface area contributed by atoms with Crippen LogP contribution in [0.15, 0.2) is 53.4 Å². The van der Waals surface area contributed by atoms with E-state index in [9.17, 15) is 13.2 Å². The van der Waals surface area contributed by atoms with Gasteiger partial charge in [0.05, 0.1) is 24.7 Å². The lowest BCUT2D eigenvalue weighted by molar-refractivity contribution is -0.116. The minimum absolute atomic E-state index is 0.0358. The second kappa shape index (κ2) is 7.90. The summed E-state index contributed by atoms with van der Waals surface area (Å²) in [4.78, 5) is 14.6. The monoisotopic (exact) mass is 401 g/mol. The summed E-state index contributed by atoms with van der Waals surface area (Å²) in [6, 6.07) is 14.5. The second-order valence-corrected chi connectivity index (χ2v) is 8.76. The number of hydrogen-bond donors (Lipinski definition) is 1. The number of carbonyl (C=O) groups is 1. The Morgan fingerprint density at radius 3 is 2.64 bits per heavy atom. The number of fused-ring (bicyclic) bond motifs is 1. The third kappa shape index (κ3) is 3.76. The van der Waals surface area contributed by atoms with Gasteiger partial charge in [0.1, 0.15) is 0 Å². The van der Waals surface area contributed by atoms with Crippen molar-refractivity contribution in [1.29, 1.82) is 0 Å². The number of para-hydroxylation sites is 1. The van der Waals surface area contributed by atoms with E-state index in [4.69, 9.17) is 4.74 Å². The fraction of sp³-hybridized carbons (Fsp3) is 0.350. The minimum atomic E-state index is -3.56. The van der Waals surface area contributed by atoms with E-state index in [2.05, 4.69) is 5.32 Å². The molecule has 2 aromatic rings. The largest absolute Gasteiger partial charge is 0.379 e. The first-order chi connectivity index (χ1) is 13.6. The number of benzene rings is 2. The fourth-order valence-electron chi connectivity index (χ4n) is 3.57. The predicted octanol–water partition coefficient (Wildman–Crippen LogP) is 1.71. The van der Waals surface area contributed by atoms with Gasteiger partial charge in [-0.3, -0.25) is 4.79 Å². The Labute approximate surface area is 165 Å². The molecule has 148 valence electrons. The average molecular weight is 401 g/mol. The van der Waals surface area contributed by atoms with Gasteiger partial charge in [-0.15, -0.1) is 0 Å². The molecule has 0 spiro atoms. The molecule has 2 aromatic carbocycles. The van der Waals surface area contributed by atoms with Crippen molar-refractivity contribution in [1.82, 2.24) is 4.31 Å². The Balaban J connectivity index is 1.43. The molecule has 0 unspecified atom stereocenters. The summed E-state index contributed by atoms with van der Waals surface area (Å²) in [5, 5.41) is 3.07. The quantitative estimate of drug-likeness (QED) is 0.825. The van der Waals surface area contributed by atoms with Crippen molar-refractivity contribution in [3.05, 3.63) is 54.1 Å². The van der Waals surface area contributed by atoms with Gasteiger partial charge < -0.3 is 15.0 Å². The van der Waals surface area contributed by atoms with Crippen LogP contribution in [-0.2, 0) is 26.0 Å². The van der Waals surface area contributed by atoms with E-state index in [1.54, 1.807) is 29.2 Å². The second-order valence-electron chi connectivity index (χ2n) is 6.82. The smallest absolute Gasteiger partial charge is 0.246 e. The van der Waals surface area contributed by atoms with Crippen LogP contribution in [-0.4, -0.2) is 58.0 Å². The third-order valence-electron chi connectivity index (χ3n) is 5.07. The van der Waals surface area contributed by atoms with Crippen LogP contribution < -0.4 is 10.2 Å². The molecule has 0 bridgehead atoms. The standard InChI is InChI=1S/C20H23N3O4S/c24-20(23-9-8-16-4-1-2-7-19(16)23)15-21-17-5-3-6-18(14-17)28(25,26)22-10-12-27-13-11-22/h1-7,14,21H,8-13,15H2. The molecule has 0 radical (unpaired) electrons. The number of nitrogens with zero attached hydrogens (tertiary/aromatic N) is 2. The Morgan fingerprint density at radius 2 is 1.82 bits per heavy atom. The summed E-state index contributed by atoms with van der Waals surface area (Å²) in [7, 11) is -3.56. The topological polar surface area (TPSA) is 79.0 Å². The molecule has 1 fully saturated rings. The number of sulfonamides is 1. The van der Waals surface area contributed by atoms with Crippen LogP contribution in [0.4, 0.5) is 11.4 Å². The van der Waals surface area contributed by atoms with Crippen LogP contribution in [0.3, 0.4) is 0 Å². The maximum Gasteiger partial charge on any atom is 0.246 e. The molecule has 2 aliphatic heterocycles. The molecule has 4 rings (SSSR count). The molecule has 1 N–H and O–H groups in total. The highest BCUT2D eigenvalue weighted by Crippen LogP contribution is 2.27. The van der Waals surface area contributed by atoms with Crippen LogP contribution in [0.1, 0.15) is 5.56 Å². The van der Waals surface area contributed by atoms with Gasteiger partial charge in [-0.2, -0.15) is 4.31 Å². The lowest BCUT2D eigenvalue weighted by Crippen LogP contribution is -2.40. The lowest BCUT2D eigenvalue weighted by Gasteiger charge is -2.26. The van der Waals surface area contributed by atoms with E-state index in [1.165, 1.54) is 9.87 Å². The number of hydrogen-bond acceptors (Lipinski definition) is 5. The SMILES string of the molecule is O=C(CNc1cccc(S(=O)(=O)N2CCOCC2)c1)N1CCc2ccccc21. The van der Waals surface area contributed by atoms with E-state index >= 15 is 0 Å². The summed E-state index contributed by atoms with van der Waals surface area (Å²) in [5.74, 6) is -0.0358. The molecule has 0 saturated carbocycles. The highest BCUT2D eigenvalue weighted by molar-refractivity contribution is 7.89. The molecule has 2 aliphatic rings. The zero-order valence-corrected chi connectivity index (χ0v) is 16.3. The summed E-state index contributed by atoms with van der Waals surface area (Å²) in [6.07, 6.45) is 0.856. The Kier molecular flexibility index (Phi) is 5.34. The van der Waals surface area contributed by atoms with Gasteiger partial charge in [-0.05, 0) is 36.2 Å². The molecule has 28 heavy (non-hydrogen) atoms. The van der Waals surface area contributed by atoms with Crippen molar-refractivity contribution in [2.45, 2.75) is 11.3 Å². The molecule has 0 atom stereocenters. The van der Waals surface area contributed by atoms with Gasteiger partial charge in [0, 0.05) is 31.0 Å². The number of ether oxygens (including phenoxy) is 1. The first-order valence-corrected chi connectivity index (χ1v) is 10.8. The van der Waals surface area contributed by atoms with E-state index in [1.807, 2.05) is 24.3 Å². The molecule has 1 saturated heterocycles. The highest BCUT2D eigenvalue weighted by atomic mass is 32.2. The van der Waals surface area contributed by atoms with Gasteiger partial charge >= 0.3 is 0 Å². The molecule has 1 amide bonds. The van der Waals surface area contributed by atoms with Crippen molar-refractivity contribution >= 4 is 27.3 Å². The molecular weight excluding hydrogens is 378 g/mol. The molecule has 8 heteroatoms. The normalized spacial score (nSPS) is 17.4. The first-order valence-electron chi connectivity index (χ1n) is 9.36. The van der Waals surface area contributed by atoms with Gasteiger partial charge in [-0.25, -0.2) is 8.42 Å². The maximum absolute atomic E-state index is 12.8. The van der Waals surface area contributed by atoms with Crippen molar-refractivity contribution in [3.63, 3.8) is 0 Å². The molecule has 7 nitrogen and oxygen atoms in total. The number of rotatable bonds is 5. The summed E-state index contributed by atoms with van der Waals surface area (Å²) in [5.41, 5.74) is 2.74. The third-order valence-corrected chi connectivity index (χ3v) is 6.97. The van der Waals surface area contributed by atoms with E-state index < -0.39 is 10.0 Å². The van der Waals surface area contributed by atoms with Crippen molar-refractivity contribution < 1.29 is 17.9 Å². The van der Waals surface area contributed by atoms with Crippen LogP contribution >= 0.6 is 0 Å². The van der Waals surface area contributed by atoms with Crippen molar-refractivity contribution in [2.75, 3.05) is 49.6 Å². The predicted molar refractivity (Wildman–Crippen MR) is 107 cm³/mol. The van der Waals surface area contributed by atoms with E-state index in [0.29, 0.717) is 38.5 Å². The van der Waals surface area contributed by atoms with Crippen LogP contribution in [0, 0.1) is 0 Å². The van der Waals surface area contributed by atoms with Crippen LogP contribution in [0.2, 0.25) is 0 Å². The summed E-state index contributed by atoms with van der Waals surface area (Å²) < 4.78 is 32.2. The summed E-state index contributed by atoms with van der Waals surface area (Å²) >= 11 is 0. The minimum Gasteiger partial charge on any atom is -0.379 e. The van der Waals surface area contributed by atoms with Gasteiger partial charge in [0.15, 0.2) is 0 Å². The average Bonchev–Trinajstić information content (AvgIpc) is 3.17. The van der Waals surface area contributed by atoms with Gasteiger partial charge in [-0.1, -0.05) is 24.3 Å². The molecule has 0 aliphatic carbocycles. The molecular formula is C20H23N3O4S. The van der Waals surface area contributed by atoms with Crippen LogP contribution in [0.25, 0.3) is 0 Å². The summed E-state index contributed by atoms with van der Waals surface area (Å²) in [6.45, 7) is 2.30. The molecule has 2 heterocycles.